The van der Waals surface area contributed by atoms with Gasteiger partial charge in [-0.3, -0.25) is 9.59 Å². The van der Waals surface area contributed by atoms with Gasteiger partial charge in [0.15, 0.2) is 0 Å². The zero-order chi connectivity index (χ0) is 15.6. The van der Waals surface area contributed by atoms with Crippen LogP contribution in [-0.4, -0.2) is 40.7 Å². The number of carbonyl (C=O) groups excluding carboxylic acids is 1. The Labute approximate surface area is 133 Å². The molecule has 1 aromatic carbocycles. The molecule has 0 saturated carbocycles. The molecule has 1 fully saturated rings. The van der Waals surface area contributed by atoms with Crippen molar-refractivity contribution in [1.82, 2.24) is 4.90 Å². The van der Waals surface area contributed by atoms with Crippen molar-refractivity contribution in [3.05, 3.63) is 28.8 Å². The molecule has 0 bridgehead atoms. The van der Waals surface area contributed by atoms with Crippen molar-refractivity contribution in [3.63, 3.8) is 0 Å². The van der Waals surface area contributed by atoms with Crippen LogP contribution in [0.5, 0.6) is 0 Å². The van der Waals surface area contributed by atoms with E-state index < -0.39 is 11.4 Å². The number of halogens is 1. The fourth-order valence-corrected chi connectivity index (χ4v) is 3.50. The van der Waals surface area contributed by atoms with Crippen molar-refractivity contribution >= 4 is 35.2 Å². The SMILES string of the molecule is CCSc1cc(Cl)ccc1C(=O)N1CCC(C)(C(=O)O)C1. The lowest BCUT2D eigenvalue weighted by Crippen LogP contribution is -2.35. The van der Waals surface area contributed by atoms with Gasteiger partial charge in [0.25, 0.3) is 5.91 Å². The molecule has 0 aromatic heterocycles. The molecular formula is C15H18ClNO3S. The van der Waals surface area contributed by atoms with Crippen LogP contribution in [0.1, 0.15) is 30.6 Å². The summed E-state index contributed by atoms with van der Waals surface area (Å²) in [5.41, 5.74) is -0.249. The Kier molecular flexibility index (Phi) is 4.84. The van der Waals surface area contributed by atoms with Crippen molar-refractivity contribution < 1.29 is 14.7 Å². The molecule has 0 radical (unpaired) electrons. The van der Waals surface area contributed by atoms with E-state index in [0.29, 0.717) is 23.6 Å². The number of hydrogen-bond acceptors (Lipinski definition) is 3. The summed E-state index contributed by atoms with van der Waals surface area (Å²) < 4.78 is 0. The summed E-state index contributed by atoms with van der Waals surface area (Å²) in [5.74, 6) is -0.127. The Bertz CT molecular complexity index is 578. The number of carbonyl (C=O) groups is 2. The van der Waals surface area contributed by atoms with Crippen molar-refractivity contribution in [3.8, 4) is 0 Å². The van der Waals surface area contributed by atoms with Gasteiger partial charge in [-0.1, -0.05) is 18.5 Å². The van der Waals surface area contributed by atoms with Crippen LogP contribution in [0.3, 0.4) is 0 Å². The second kappa shape index (κ2) is 6.28. The smallest absolute Gasteiger partial charge is 0.311 e. The highest BCUT2D eigenvalue weighted by atomic mass is 35.5. The first kappa shape index (κ1) is 16.2. The molecule has 1 aliphatic rings. The van der Waals surface area contributed by atoms with Gasteiger partial charge in [-0.15, -0.1) is 11.8 Å². The van der Waals surface area contributed by atoms with Gasteiger partial charge >= 0.3 is 5.97 Å². The van der Waals surface area contributed by atoms with Crippen LogP contribution >= 0.6 is 23.4 Å². The summed E-state index contributed by atoms with van der Waals surface area (Å²) in [6.45, 7) is 4.42. The molecule has 6 heteroatoms. The molecule has 1 amide bonds. The van der Waals surface area contributed by atoms with Gasteiger partial charge in [0.05, 0.1) is 11.0 Å². The van der Waals surface area contributed by atoms with E-state index in [2.05, 4.69) is 0 Å². The van der Waals surface area contributed by atoms with Crippen molar-refractivity contribution in [2.24, 2.45) is 5.41 Å². The largest absolute Gasteiger partial charge is 0.481 e. The Morgan fingerprint density at radius 3 is 2.76 bits per heavy atom. The number of aliphatic carboxylic acids is 1. The average molecular weight is 328 g/mol. The van der Waals surface area contributed by atoms with E-state index >= 15 is 0 Å². The molecule has 1 saturated heterocycles. The van der Waals surface area contributed by atoms with Gasteiger partial charge in [-0.05, 0) is 37.3 Å². The zero-order valence-electron chi connectivity index (χ0n) is 12.1. The summed E-state index contributed by atoms with van der Waals surface area (Å²) in [5, 5.41) is 9.85. The van der Waals surface area contributed by atoms with E-state index in [9.17, 15) is 14.7 Å². The first-order valence-electron chi connectivity index (χ1n) is 6.82. The van der Waals surface area contributed by atoms with Crippen LogP contribution < -0.4 is 0 Å². The Morgan fingerprint density at radius 1 is 1.48 bits per heavy atom. The van der Waals surface area contributed by atoms with Gasteiger partial charge in [0, 0.05) is 23.0 Å². The number of carboxylic acids is 1. The number of likely N-dealkylation sites (tertiary alicyclic amines) is 1. The number of carboxylic acid groups (broad SMARTS) is 1. The molecule has 1 N–H and O–H groups in total. The molecule has 2 rings (SSSR count). The predicted octanol–water partition coefficient (Wildman–Crippen LogP) is 3.39. The molecule has 1 aliphatic heterocycles. The van der Waals surface area contributed by atoms with Crippen molar-refractivity contribution in [2.45, 2.75) is 25.2 Å². The van der Waals surface area contributed by atoms with Crippen LogP contribution in [0.25, 0.3) is 0 Å². The quantitative estimate of drug-likeness (QED) is 0.861. The molecule has 0 aliphatic carbocycles. The first-order chi connectivity index (χ1) is 9.87. The maximum absolute atomic E-state index is 12.6. The molecule has 114 valence electrons. The van der Waals surface area contributed by atoms with Gasteiger partial charge < -0.3 is 10.0 Å². The molecule has 1 unspecified atom stereocenters. The van der Waals surface area contributed by atoms with E-state index in [1.165, 1.54) is 0 Å². The topological polar surface area (TPSA) is 57.6 Å². The van der Waals surface area contributed by atoms with Gasteiger partial charge in [0.2, 0.25) is 0 Å². The molecule has 1 heterocycles. The maximum Gasteiger partial charge on any atom is 0.311 e. The highest BCUT2D eigenvalue weighted by Gasteiger charge is 2.42. The third kappa shape index (κ3) is 3.35. The van der Waals surface area contributed by atoms with Gasteiger partial charge in [-0.2, -0.15) is 0 Å². The predicted molar refractivity (Wildman–Crippen MR) is 84.1 cm³/mol. The number of amides is 1. The van der Waals surface area contributed by atoms with E-state index in [0.717, 1.165) is 10.6 Å². The Balaban J connectivity index is 2.24. The lowest BCUT2D eigenvalue weighted by atomic mass is 9.90. The van der Waals surface area contributed by atoms with E-state index in [4.69, 9.17) is 11.6 Å². The molecule has 21 heavy (non-hydrogen) atoms. The summed E-state index contributed by atoms with van der Waals surface area (Å²) in [6, 6.07) is 5.20. The fraction of sp³-hybridized carbons (Fsp3) is 0.467. The molecule has 4 nitrogen and oxygen atoms in total. The minimum Gasteiger partial charge on any atom is -0.481 e. The first-order valence-corrected chi connectivity index (χ1v) is 8.19. The fourth-order valence-electron chi connectivity index (χ4n) is 2.43. The van der Waals surface area contributed by atoms with Crippen LogP contribution in [0.4, 0.5) is 0 Å². The standard InChI is InChI=1S/C15H18ClNO3S/c1-3-21-12-8-10(16)4-5-11(12)13(18)17-7-6-15(2,9-17)14(19)20/h4-5,8H,3,6-7,9H2,1-2H3,(H,19,20). The highest BCUT2D eigenvalue weighted by molar-refractivity contribution is 7.99. The normalized spacial score (nSPS) is 21.6. The van der Waals surface area contributed by atoms with Crippen molar-refractivity contribution in [1.29, 1.82) is 0 Å². The monoisotopic (exact) mass is 327 g/mol. The maximum atomic E-state index is 12.6. The Morgan fingerprint density at radius 2 is 2.19 bits per heavy atom. The number of rotatable bonds is 4. The van der Waals surface area contributed by atoms with Crippen LogP contribution in [0, 0.1) is 5.41 Å². The highest BCUT2D eigenvalue weighted by Crippen LogP contribution is 2.33. The third-order valence-electron chi connectivity index (χ3n) is 3.75. The van der Waals surface area contributed by atoms with Gasteiger partial charge in [-0.25, -0.2) is 0 Å². The van der Waals surface area contributed by atoms with Crippen LogP contribution in [0.2, 0.25) is 5.02 Å². The lowest BCUT2D eigenvalue weighted by molar-refractivity contribution is -0.147. The van der Waals surface area contributed by atoms with E-state index in [-0.39, 0.29) is 12.5 Å². The number of thioether (sulfide) groups is 1. The van der Waals surface area contributed by atoms with Crippen molar-refractivity contribution in [2.75, 3.05) is 18.8 Å². The molecule has 1 atom stereocenters. The average Bonchev–Trinajstić information content (AvgIpc) is 2.83. The number of nitrogens with zero attached hydrogens (tertiary/aromatic N) is 1. The summed E-state index contributed by atoms with van der Waals surface area (Å²) >= 11 is 7.55. The molecule has 1 aromatic rings. The molecule has 0 spiro atoms. The zero-order valence-corrected chi connectivity index (χ0v) is 13.6. The second-order valence-electron chi connectivity index (χ2n) is 5.42. The Hall–Kier alpha value is -1.20. The van der Waals surface area contributed by atoms with Gasteiger partial charge in [0.1, 0.15) is 0 Å². The second-order valence-corrected chi connectivity index (χ2v) is 7.16. The third-order valence-corrected chi connectivity index (χ3v) is 4.92. The lowest BCUT2D eigenvalue weighted by Gasteiger charge is -2.21. The van der Waals surface area contributed by atoms with E-state index in [1.54, 1.807) is 41.8 Å². The van der Waals surface area contributed by atoms with Crippen LogP contribution in [-0.2, 0) is 4.79 Å². The minimum atomic E-state index is -0.850. The van der Waals surface area contributed by atoms with Crippen LogP contribution in [0.15, 0.2) is 23.1 Å². The number of hydrogen-bond donors (Lipinski definition) is 1. The summed E-state index contributed by atoms with van der Waals surface area (Å²) in [4.78, 5) is 26.4. The summed E-state index contributed by atoms with van der Waals surface area (Å²) in [7, 11) is 0. The summed E-state index contributed by atoms with van der Waals surface area (Å²) in [6.07, 6.45) is 0.484. The molecular weight excluding hydrogens is 310 g/mol. The minimum absolute atomic E-state index is 0.118. The number of benzene rings is 1. The van der Waals surface area contributed by atoms with E-state index in [1.807, 2.05) is 6.92 Å².